The van der Waals surface area contributed by atoms with Crippen molar-refractivity contribution in [2.24, 2.45) is 5.92 Å². The molecule has 6 nitrogen and oxygen atoms in total. The largest absolute Gasteiger partial charge is 0.381 e. The van der Waals surface area contributed by atoms with Crippen molar-refractivity contribution < 1.29 is 19.1 Å². The van der Waals surface area contributed by atoms with Crippen molar-refractivity contribution >= 4 is 17.5 Å². The highest BCUT2D eigenvalue weighted by Crippen LogP contribution is 2.33. The SMILES string of the molecule is O=C(CC1CCOCC1)N1CCOC2(CCCCN(c3ccccc3)C2=O)C1. The molecule has 152 valence electrons. The molecule has 3 aliphatic rings. The van der Waals surface area contributed by atoms with Crippen molar-refractivity contribution in [3.8, 4) is 0 Å². The summed E-state index contributed by atoms with van der Waals surface area (Å²) in [5.74, 6) is 0.545. The lowest BCUT2D eigenvalue weighted by molar-refractivity contribution is -0.165. The van der Waals surface area contributed by atoms with E-state index >= 15 is 0 Å². The lowest BCUT2D eigenvalue weighted by Gasteiger charge is -2.43. The number of ether oxygens (including phenoxy) is 2. The van der Waals surface area contributed by atoms with Gasteiger partial charge in [0.15, 0.2) is 5.60 Å². The highest BCUT2D eigenvalue weighted by molar-refractivity contribution is 6.00. The van der Waals surface area contributed by atoms with Gasteiger partial charge in [-0.1, -0.05) is 18.2 Å². The Morgan fingerprint density at radius 1 is 1.07 bits per heavy atom. The minimum atomic E-state index is -0.907. The van der Waals surface area contributed by atoms with Gasteiger partial charge in [-0.25, -0.2) is 0 Å². The zero-order chi connectivity index (χ0) is 19.4. The number of anilines is 1. The zero-order valence-electron chi connectivity index (χ0n) is 16.5. The van der Waals surface area contributed by atoms with Gasteiger partial charge in [0.05, 0.1) is 13.2 Å². The molecule has 6 heteroatoms. The van der Waals surface area contributed by atoms with E-state index < -0.39 is 5.60 Å². The number of morpholine rings is 1. The number of carbonyl (C=O) groups is 2. The molecule has 0 aliphatic carbocycles. The van der Waals surface area contributed by atoms with Gasteiger partial charge in [-0.2, -0.15) is 0 Å². The number of amides is 2. The summed E-state index contributed by atoms with van der Waals surface area (Å²) >= 11 is 0. The summed E-state index contributed by atoms with van der Waals surface area (Å²) in [6.07, 6.45) is 4.99. The standard InChI is InChI=1S/C22H30N2O4/c25-20(16-18-8-13-27-14-9-18)23-12-15-28-22(17-23)10-4-5-11-24(21(22)26)19-6-2-1-3-7-19/h1-3,6-7,18H,4-5,8-17H2. The molecule has 0 saturated carbocycles. The minimum Gasteiger partial charge on any atom is -0.381 e. The number of para-hydroxylation sites is 1. The van der Waals surface area contributed by atoms with Gasteiger partial charge in [0.25, 0.3) is 5.91 Å². The smallest absolute Gasteiger partial charge is 0.261 e. The second-order valence-electron chi connectivity index (χ2n) is 8.17. The Morgan fingerprint density at radius 3 is 2.64 bits per heavy atom. The molecule has 3 saturated heterocycles. The molecule has 4 rings (SSSR count). The fourth-order valence-corrected chi connectivity index (χ4v) is 4.59. The molecule has 1 atom stereocenters. The van der Waals surface area contributed by atoms with E-state index in [4.69, 9.17) is 9.47 Å². The number of benzene rings is 1. The first-order chi connectivity index (χ1) is 13.7. The van der Waals surface area contributed by atoms with E-state index in [9.17, 15) is 9.59 Å². The Hall–Kier alpha value is -1.92. The van der Waals surface area contributed by atoms with Crippen molar-refractivity contribution in [2.75, 3.05) is 44.4 Å². The third-order valence-electron chi connectivity index (χ3n) is 6.26. The third kappa shape index (κ3) is 4.08. The van der Waals surface area contributed by atoms with Gasteiger partial charge in [-0.05, 0) is 50.2 Å². The summed E-state index contributed by atoms with van der Waals surface area (Å²) in [7, 11) is 0. The minimum absolute atomic E-state index is 0.000216. The fourth-order valence-electron chi connectivity index (χ4n) is 4.59. The van der Waals surface area contributed by atoms with Crippen LogP contribution in [-0.4, -0.2) is 61.8 Å². The van der Waals surface area contributed by atoms with Gasteiger partial charge in [-0.15, -0.1) is 0 Å². The summed E-state index contributed by atoms with van der Waals surface area (Å²) in [5.41, 5.74) is -0.00123. The molecular formula is C22H30N2O4. The van der Waals surface area contributed by atoms with Crippen LogP contribution in [0.3, 0.4) is 0 Å². The number of rotatable bonds is 3. The molecule has 1 aromatic carbocycles. The van der Waals surface area contributed by atoms with Crippen LogP contribution in [0, 0.1) is 5.92 Å². The van der Waals surface area contributed by atoms with E-state index in [1.807, 2.05) is 40.1 Å². The van der Waals surface area contributed by atoms with Crippen LogP contribution < -0.4 is 4.90 Å². The van der Waals surface area contributed by atoms with E-state index in [1.165, 1.54) is 0 Å². The molecular weight excluding hydrogens is 356 g/mol. The third-order valence-corrected chi connectivity index (χ3v) is 6.26. The number of hydrogen-bond donors (Lipinski definition) is 0. The van der Waals surface area contributed by atoms with Gasteiger partial charge in [-0.3, -0.25) is 9.59 Å². The van der Waals surface area contributed by atoms with Gasteiger partial charge >= 0.3 is 0 Å². The summed E-state index contributed by atoms with van der Waals surface area (Å²) in [6, 6.07) is 9.79. The van der Waals surface area contributed by atoms with Crippen LogP contribution in [0.5, 0.6) is 0 Å². The summed E-state index contributed by atoms with van der Waals surface area (Å²) in [6.45, 7) is 3.56. The average molecular weight is 386 g/mol. The first-order valence-corrected chi connectivity index (χ1v) is 10.5. The van der Waals surface area contributed by atoms with E-state index in [-0.39, 0.29) is 11.8 Å². The van der Waals surface area contributed by atoms with E-state index in [1.54, 1.807) is 0 Å². The summed E-state index contributed by atoms with van der Waals surface area (Å²) in [4.78, 5) is 30.2. The quantitative estimate of drug-likeness (QED) is 0.801. The van der Waals surface area contributed by atoms with E-state index in [0.29, 0.717) is 45.0 Å². The predicted molar refractivity (Wildman–Crippen MR) is 106 cm³/mol. The first-order valence-electron chi connectivity index (χ1n) is 10.5. The Labute approximate surface area is 166 Å². The lowest BCUT2D eigenvalue weighted by Crippen LogP contribution is -2.61. The monoisotopic (exact) mass is 386 g/mol. The summed E-state index contributed by atoms with van der Waals surface area (Å²) in [5, 5.41) is 0. The molecule has 1 spiro atoms. The van der Waals surface area contributed by atoms with Crippen LogP contribution in [0.15, 0.2) is 30.3 Å². The molecule has 3 aliphatic heterocycles. The van der Waals surface area contributed by atoms with Gasteiger partial charge < -0.3 is 19.3 Å². The highest BCUT2D eigenvalue weighted by Gasteiger charge is 2.48. The lowest BCUT2D eigenvalue weighted by atomic mass is 9.92. The number of hydrogen-bond acceptors (Lipinski definition) is 4. The van der Waals surface area contributed by atoms with E-state index in [2.05, 4.69) is 0 Å². The first kappa shape index (κ1) is 19.4. The van der Waals surface area contributed by atoms with Crippen LogP contribution in [0.4, 0.5) is 5.69 Å². The van der Waals surface area contributed by atoms with Gasteiger partial charge in [0.1, 0.15) is 0 Å². The molecule has 1 unspecified atom stereocenters. The molecule has 0 N–H and O–H groups in total. The zero-order valence-corrected chi connectivity index (χ0v) is 16.5. The van der Waals surface area contributed by atoms with Crippen LogP contribution in [0.25, 0.3) is 0 Å². The molecule has 3 heterocycles. The fraction of sp³-hybridized carbons (Fsp3) is 0.636. The highest BCUT2D eigenvalue weighted by atomic mass is 16.5. The Morgan fingerprint density at radius 2 is 1.86 bits per heavy atom. The second-order valence-corrected chi connectivity index (χ2v) is 8.17. The van der Waals surface area contributed by atoms with Crippen molar-refractivity contribution in [3.63, 3.8) is 0 Å². The molecule has 0 bridgehead atoms. The van der Waals surface area contributed by atoms with Crippen molar-refractivity contribution in [1.82, 2.24) is 4.90 Å². The Bertz CT molecular complexity index is 689. The number of nitrogens with zero attached hydrogens (tertiary/aromatic N) is 2. The predicted octanol–water partition coefficient (Wildman–Crippen LogP) is 2.62. The van der Waals surface area contributed by atoms with Crippen LogP contribution in [-0.2, 0) is 19.1 Å². The average Bonchev–Trinajstić information content (AvgIpc) is 2.89. The van der Waals surface area contributed by atoms with Gasteiger partial charge in [0, 0.05) is 38.4 Å². The van der Waals surface area contributed by atoms with Crippen molar-refractivity contribution in [1.29, 1.82) is 0 Å². The maximum absolute atomic E-state index is 13.5. The molecule has 0 aromatic heterocycles. The maximum Gasteiger partial charge on any atom is 0.261 e. The number of carbonyl (C=O) groups excluding carboxylic acids is 2. The molecule has 3 fully saturated rings. The second kappa shape index (κ2) is 8.62. The summed E-state index contributed by atoms with van der Waals surface area (Å²) < 4.78 is 11.5. The topological polar surface area (TPSA) is 59.1 Å². The van der Waals surface area contributed by atoms with Gasteiger partial charge in [0.2, 0.25) is 5.91 Å². The molecule has 28 heavy (non-hydrogen) atoms. The molecule has 0 radical (unpaired) electrons. The normalized spacial score (nSPS) is 27.1. The van der Waals surface area contributed by atoms with Crippen LogP contribution in [0.2, 0.25) is 0 Å². The maximum atomic E-state index is 13.5. The van der Waals surface area contributed by atoms with E-state index in [0.717, 1.165) is 44.6 Å². The van der Waals surface area contributed by atoms with Crippen molar-refractivity contribution in [2.45, 2.75) is 44.1 Å². The Kier molecular flexibility index (Phi) is 5.97. The van der Waals surface area contributed by atoms with Crippen molar-refractivity contribution in [3.05, 3.63) is 30.3 Å². The Balaban J connectivity index is 1.49. The molecule has 1 aromatic rings. The molecule has 2 amide bonds. The van der Waals surface area contributed by atoms with Crippen LogP contribution in [0.1, 0.15) is 38.5 Å². The van der Waals surface area contributed by atoms with Crippen LogP contribution >= 0.6 is 0 Å².